The van der Waals surface area contributed by atoms with E-state index in [1.807, 2.05) is 24.4 Å². The minimum atomic E-state index is 0.917. The first-order valence-electron chi connectivity index (χ1n) is 10.1. The molecule has 0 fully saturated rings. The highest BCUT2D eigenvalue weighted by Crippen LogP contribution is 2.38. The van der Waals surface area contributed by atoms with Gasteiger partial charge in [-0.3, -0.25) is 4.57 Å². The zero-order valence-corrected chi connectivity index (χ0v) is 16.9. The number of rotatable bonds is 2. The minimum Gasteiger partial charge on any atom is -0.456 e. The van der Waals surface area contributed by atoms with Crippen LogP contribution in [0.4, 0.5) is 0 Å². The second-order valence-corrected chi connectivity index (χ2v) is 7.80. The van der Waals surface area contributed by atoms with Gasteiger partial charge in [0.15, 0.2) is 5.82 Å². The molecule has 0 aliphatic carbocycles. The van der Waals surface area contributed by atoms with E-state index in [2.05, 4.69) is 90.0 Å². The summed E-state index contributed by atoms with van der Waals surface area (Å²) in [4.78, 5) is 0. The van der Waals surface area contributed by atoms with Gasteiger partial charge in [-0.05, 0) is 35.4 Å². The molecule has 0 N–H and O–H groups in total. The topological polar surface area (TPSA) is 21.9 Å². The molecule has 2 aromatic heterocycles. The zero-order chi connectivity index (χ0) is 20.2. The molecule has 0 aliphatic heterocycles. The van der Waals surface area contributed by atoms with Crippen LogP contribution in [-0.4, -0.2) is 4.57 Å². The Labute approximate surface area is 174 Å². The van der Waals surface area contributed by atoms with Crippen molar-refractivity contribution < 1.29 is 8.98 Å². The van der Waals surface area contributed by atoms with Gasteiger partial charge >= 0.3 is 0 Å². The molecule has 0 radical (unpaired) electrons. The number of imidazole rings is 1. The molecule has 0 amide bonds. The number of hydrogen-bond acceptors (Lipinski definition) is 1. The molecule has 0 saturated heterocycles. The zero-order valence-electron chi connectivity index (χ0n) is 16.9. The summed E-state index contributed by atoms with van der Waals surface area (Å²) in [5.74, 6) is 1.05. The number of fused-ring (bicyclic) bond motifs is 4. The SMILES string of the molecule is Cc1ccc2c(oc3cc4ccccc4cc32)c1-c1n(C)c[c-][n+]1-c1ccccc1. The molecular weight excluding hydrogens is 368 g/mol. The lowest BCUT2D eigenvalue weighted by molar-refractivity contribution is -0.587. The van der Waals surface area contributed by atoms with Crippen molar-refractivity contribution in [1.29, 1.82) is 0 Å². The maximum absolute atomic E-state index is 6.50. The van der Waals surface area contributed by atoms with Gasteiger partial charge in [-0.15, -0.1) is 0 Å². The van der Waals surface area contributed by atoms with Crippen LogP contribution in [0, 0.1) is 13.1 Å². The van der Waals surface area contributed by atoms with Gasteiger partial charge in [0.2, 0.25) is 0 Å². The number of para-hydroxylation sites is 1. The number of hydrogen-bond donors (Lipinski definition) is 0. The molecule has 0 aliphatic rings. The van der Waals surface area contributed by atoms with Crippen molar-refractivity contribution in [2.75, 3.05) is 0 Å². The maximum atomic E-state index is 6.50. The van der Waals surface area contributed by atoms with E-state index in [0.717, 1.165) is 39.0 Å². The van der Waals surface area contributed by atoms with E-state index in [-0.39, 0.29) is 0 Å². The molecule has 0 bridgehead atoms. The number of nitrogens with zero attached hydrogens (tertiary/aromatic N) is 2. The summed E-state index contributed by atoms with van der Waals surface area (Å²) in [7, 11) is 2.06. The van der Waals surface area contributed by atoms with Crippen LogP contribution in [0.25, 0.3) is 49.8 Å². The Morgan fingerprint density at radius 1 is 0.833 bits per heavy atom. The largest absolute Gasteiger partial charge is 0.456 e. The first-order valence-corrected chi connectivity index (χ1v) is 10.1. The molecule has 0 saturated carbocycles. The minimum absolute atomic E-state index is 0.917. The molecule has 0 spiro atoms. The molecule has 0 atom stereocenters. The predicted molar refractivity (Wildman–Crippen MR) is 121 cm³/mol. The lowest BCUT2D eigenvalue weighted by Crippen LogP contribution is -2.32. The first-order chi connectivity index (χ1) is 14.7. The average Bonchev–Trinajstić information content (AvgIpc) is 3.32. The van der Waals surface area contributed by atoms with Crippen molar-refractivity contribution in [3.63, 3.8) is 0 Å². The van der Waals surface area contributed by atoms with E-state index in [1.54, 1.807) is 0 Å². The predicted octanol–water partition coefficient (Wildman–Crippen LogP) is 6.13. The summed E-state index contributed by atoms with van der Waals surface area (Å²) < 4.78 is 10.7. The molecule has 30 heavy (non-hydrogen) atoms. The van der Waals surface area contributed by atoms with Gasteiger partial charge in [0.05, 0.1) is 25.0 Å². The number of benzene rings is 4. The third-order valence-electron chi connectivity index (χ3n) is 5.88. The van der Waals surface area contributed by atoms with E-state index >= 15 is 0 Å². The fourth-order valence-corrected chi connectivity index (χ4v) is 4.39. The van der Waals surface area contributed by atoms with E-state index in [1.165, 1.54) is 16.3 Å². The summed E-state index contributed by atoms with van der Waals surface area (Å²) >= 11 is 0. The van der Waals surface area contributed by atoms with Crippen LogP contribution in [0.3, 0.4) is 0 Å². The van der Waals surface area contributed by atoms with Gasteiger partial charge in [-0.2, -0.15) is 0 Å². The molecule has 144 valence electrons. The van der Waals surface area contributed by atoms with Crippen molar-refractivity contribution in [1.82, 2.24) is 4.57 Å². The van der Waals surface area contributed by atoms with Gasteiger partial charge in [0, 0.05) is 16.5 Å². The Balaban J connectivity index is 1.71. The Kier molecular flexibility index (Phi) is 3.59. The van der Waals surface area contributed by atoms with Crippen molar-refractivity contribution in [2.45, 2.75) is 6.92 Å². The number of furan rings is 1. The van der Waals surface area contributed by atoms with Crippen molar-refractivity contribution in [2.24, 2.45) is 7.05 Å². The highest BCUT2D eigenvalue weighted by atomic mass is 16.3. The summed E-state index contributed by atoms with van der Waals surface area (Å²) in [6, 6.07) is 27.5. The van der Waals surface area contributed by atoms with Gasteiger partial charge in [-0.25, -0.2) is 0 Å². The molecule has 3 heteroatoms. The normalized spacial score (nSPS) is 11.7. The Bertz CT molecular complexity index is 1550. The molecule has 2 heterocycles. The van der Waals surface area contributed by atoms with E-state index < -0.39 is 0 Å². The van der Waals surface area contributed by atoms with E-state index in [9.17, 15) is 0 Å². The van der Waals surface area contributed by atoms with Crippen LogP contribution in [-0.2, 0) is 7.05 Å². The highest BCUT2D eigenvalue weighted by Gasteiger charge is 2.20. The average molecular weight is 388 g/mol. The Hall–Kier alpha value is -3.85. The van der Waals surface area contributed by atoms with Gasteiger partial charge < -0.3 is 8.98 Å². The van der Waals surface area contributed by atoms with E-state index in [4.69, 9.17) is 4.42 Å². The molecule has 0 unspecified atom stereocenters. The quantitative estimate of drug-likeness (QED) is 0.258. The maximum Gasteiger partial charge on any atom is 0.189 e. The first kappa shape index (κ1) is 17.0. The van der Waals surface area contributed by atoms with Crippen molar-refractivity contribution in [3.05, 3.63) is 96.8 Å². The highest BCUT2D eigenvalue weighted by molar-refractivity contribution is 6.13. The lowest BCUT2D eigenvalue weighted by Gasteiger charge is -2.14. The Morgan fingerprint density at radius 3 is 2.37 bits per heavy atom. The molecule has 3 nitrogen and oxygen atoms in total. The molecule has 4 aromatic carbocycles. The fraction of sp³-hybridized carbons (Fsp3) is 0.0741. The van der Waals surface area contributed by atoms with Crippen molar-refractivity contribution >= 4 is 32.7 Å². The number of aryl methyl sites for hydroxylation is 2. The molecular formula is C27H20N2O. The fourth-order valence-electron chi connectivity index (χ4n) is 4.39. The van der Waals surface area contributed by atoms with Gasteiger partial charge in [0.25, 0.3) is 0 Å². The second kappa shape index (κ2) is 6.33. The van der Waals surface area contributed by atoms with E-state index in [0.29, 0.717) is 0 Å². The third-order valence-corrected chi connectivity index (χ3v) is 5.88. The monoisotopic (exact) mass is 388 g/mol. The smallest absolute Gasteiger partial charge is 0.189 e. The third kappa shape index (κ3) is 2.42. The Morgan fingerprint density at radius 2 is 1.57 bits per heavy atom. The van der Waals surface area contributed by atoms with Crippen LogP contribution in [0.1, 0.15) is 5.56 Å². The van der Waals surface area contributed by atoms with Gasteiger partial charge in [-0.1, -0.05) is 66.7 Å². The van der Waals surface area contributed by atoms with Crippen LogP contribution < -0.4 is 4.57 Å². The summed E-state index contributed by atoms with van der Waals surface area (Å²) in [5, 5.41) is 4.70. The molecule has 6 aromatic rings. The standard InChI is InChI=1S/C27H20N2O/c1-18-12-13-22-23-16-19-8-6-7-9-20(19)17-24(23)30-26(22)25(18)27-28(2)14-15-29(27)21-10-4-3-5-11-21/h3-14,16-17H,1-2H3. The van der Waals surface area contributed by atoms with Crippen LogP contribution >= 0.6 is 0 Å². The number of aromatic nitrogens is 2. The van der Waals surface area contributed by atoms with Gasteiger partial charge in [0.1, 0.15) is 11.2 Å². The summed E-state index contributed by atoms with van der Waals surface area (Å²) in [6.45, 7) is 2.14. The molecule has 6 rings (SSSR count). The van der Waals surface area contributed by atoms with Crippen molar-refractivity contribution in [3.8, 4) is 17.1 Å². The van der Waals surface area contributed by atoms with Crippen LogP contribution in [0.5, 0.6) is 0 Å². The van der Waals surface area contributed by atoms with Crippen LogP contribution in [0.15, 0.2) is 89.5 Å². The summed E-state index contributed by atoms with van der Waals surface area (Å²) in [6.07, 6.45) is 5.35. The lowest BCUT2D eigenvalue weighted by atomic mass is 10.0. The summed E-state index contributed by atoms with van der Waals surface area (Å²) in [5.41, 5.74) is 5.18. The van der Waals surface area contributed by atoms with Crippen LogP contribution in [0.2, 0.25) is 0 Å². The second-order valence-electron chi connectivity index (χ2n) is 7.80.